The van der Waals surface area contributed by atoms with Gasteiger partial charge < -0.3 is 10.3 Å². The van der Waals surface area contributed by atoms with Crippen molar-refractivity contribution < 1.29 is 9.18 Å². The highest BCUT2D eigenvalue weighted by Crippen LogP contribution is 2.26. The van der Waals surface area contributed by atoms with Crippen molar-refractivity contribution in [2.75, 3.05) is 0 Å². The highest BCUT2D eigenvalue weighted by Gasteiger charge is 2.17. The number of aromatic amines is 1. The Morgan fingerprint density at radius 3 is 2.62 bits per heavy atom. The van der Waals surface area contributed by atoms with Gasteiger partial charge in [0, 0.05) is 6.07 Å². The number of H-pyrrole nitrogens is 1. The van der Waals surface area contributed by atoms with Gasteiger partial charge in [0.2, 0.25) is 0 Å². The fraction of sp³-hybridized carbons (Fsp3) is 0.240. The molecule has 7 heteroatoms. The summed E-state index contributed by atoms with van der Waals surface area (Å²) in [5.74, 6) is -0.734. The number of fused-ring (bicyclic) bond motifs is 2. The van der Waals surface area contributed by atoms with Gasteiger partial charge in [-0.1, -0.05) is 24.3 Å². The maximum atomic E-state index is 13.1. The molecule has 1 unspecified atom stereocenters. The summed E-state index contributed by atoms with van der Waals surface area (Å²) in [6.07, 6.45) is 6.28. The van der Waals surface area contributed by atoms with Crippen molar-refractivity contribution in [3.63, 3.8) is 0 Å². The molecule has 0 radical (unpaired) electrons. The van der Waals surface area contributed by atoms with Crippen molar-refractivity contribution in [1.82, 2.24) is 19.9 Å². The van der Waals surface area contributed by atoms with Crippen molar-refractivity contribution in [2.45, 2.75) is 38.6 Å². The molecular formula is C25H23FN4O2. The minimum absolute atomic E-state index is 0.145. The first-order valence-corrected chi connectivity index (χ1v) is 10.8. The summed E-state index contributed by atoms with van der Waals surface area (Å²) in [5.41, 5.74) is 5.19. The lowest BCUT2D eigenvalue weighted by Gasteiger charge is -2.16. The van der Waals surface area contributed by atoms with E-state index in [1.165, 1.54) is 46.7 Å². The number of aromatic nitrogens is 3. The van der Waals surface area contributed by atoms with Crippen LogP contribution in [0.4, 0.5) is 4.39 Å². The largest absolute Gasteiger partial charge is 0.344 e. The molecule has 0 bridgehead atoms. The summed E-state index contributed by atoms with van der Waals surface area (Å²) >= 11 is 0. The summed E-state index contributed by atoms with van der Waals surface area (Å²) in [6.45, 7) is 1.81. The normalized spacial score (nSPS) is 14.2. The molecule has 6 nitrogen and oxygen atoms in total. The van der Waals surface area contributed by atoms with Crippen LogP contribution in [0.5, 0.6) is 0 Å². The van der Waals surface area contributed by atoms with Crippen LogP contribution in [0.15, 0.2) is 59.5 Å². The molecule has 4 aromatic rings. The Kier molecular flexibility index (Phi) is 5.09. The third-order valence-corrected chi connectivity index (χ3v) is 6.08. The molecule has 2 aromatic heterocycles. The number of rotatable bonds is 4. The Labute approximate surface area is 184 Å². The highest BCUT2D eigenvalue weighted by atomic mass is 19.1. The minimum atomic E-state index is -0.403. The van der Waals surface area contributed by atoms with Gasteiger partial charge in [0.15, 0.2) is 5.69 Å². The highest BCUT2D eigenvalue weighted by molar-refractivity contribution is 5.93. The lowest BCUT2D eigenvalue weighted by molar-refractivity contribution is 0.0934. The van der Waals surface area contributed by atoms with E-state index in [1.54, 1.807) is 18.3 Å². The minimum Gasteiger partial charge on any atom is -0.344 e. The SMILES string of the molecule is CC(NC(=O)c1cc2c(=O)[nH]c(-c3ccc4c(c3)CCCC4)cn2n1)c1ccc(F)cc1. The predicted octanol–water partition coefficient (Wildman–Crippen LogP) is 4.20. The fourth-order valence-electron chi connectivity index (χ4n) is 4.27. The first kappa shape index (κ1) is 20.2. The second-order valence-electron chi connectivity index (χ2n) is 8.29. The van der Waals surface area contributed by atoms with Crippen LogP contribution in [0, 0.1) is 5.82 Å². The van der Waals surface area contributed by atoms with E-state index in [4.69, 9.17) is 0 Å². The summed E-state index contributed by atoms with van der Waals surface area (Å²) < 4.78 is 14.6. The van der Waals surface area contributed by atoms with E-state index in [1.807, 2.05) is 13.0 Å². The van der Waals surface area contributed by atoms with Crippen molar-refractivity contribution >= 4 is 11.4 Å². The quantitative estimate of drug-likeness (QED) is 0.509. The van der Waals surface area contributed by atoms with Crippen LogP contribution in [-0.4, -0.2) is 20.5 Å². The van der Waals surface area contributed by atoms with E-state index >= 15 is 0 Å². The molecule has 1 atom stereocenters. The third-order valence-electron chi connectivity index (χ3n) is 6.08. The van der Waals surface area contributed by atoms with Crippen LogP contribution >= 0.6 is 0 Å². The number of carbonyl (C=O) groups is 1. The Bertz CT molecular complexity index is 1370. The molecule has 1 aliphatic rings. The number of nitrogens with one attached hydrogen (secondary N) is 2. The number of carbonyl (C=O) groups excluding carboxylic acids is 1. The van der Waals surface area contributed by atoms with Gasteiger partial charge in [-0.05, 0) is 73.1 Å². The van der Waals surface area contributed by atoms with E-state index < -0.39 is 5.91 Å². The zero-order chi connectivity index (χ0) is 22.2. The van der Waals surface area contributed by atoms with Gasteiger partial charge in [-0.25, -0.2) is 8.91 Å². The average Bonchev–Trinajstić information content (AvgIpc) is 3.24. The molecule has 0 saturated carbocycles. The van der Waals surface area contributed by atoms with Gasteiger partial charge in [0.1, 0.15) is 11.3 Å². The van der Waals surface area contributed by atoms with Crippen molar-refractivity contribution in [3.05, 3.63) is 93.3 Å². The van der Waals surface area contributed by atoms with E-state index in [2.05, 4.69) is 27.5 Å². The number of nitrogens with zero attached hydrogens (tertiary/aromatic N) is 2. The Balaban J connectivity index is 1.43. The molecule has 2 aromatic carbocycles. The number of halogens is 1. The van der Waals surface area contributed by atoms with Crippen molar-refractivity contribution in [2.24, 2.45) is 0 Å². The van der Waals surface area contributed by atoms with Gasteiger partial charge in [-0.3, -0.25) is 9.59 Å². The molecule has 0 fully saturated rings. The summed E-state index contributed by atoms with van der Waals surface area (Å²) in [4.78, 5) is 28.3. The van der Waals surface area contributed by atoms with Crippen LogP contribution in [0.2, 0.25) is 0 Å². The van der Waals surface area contributed by atoms with Crippen molar-refractivity contribution in [3.8, 4) is 11.3 Å². The summed E-state index contributed by atoms with van der Waals surface area (Å²) in [6, 6.07) is 13.4. The Morgan fingerprint density at radius 2 is 1.84 bits per heavy atom. The van der Waals surface area contributed by atoms with Gasteiger partial charge in [-0.2, -0.15) is 5.10 Å². The van der Waals surface area contributed by atoms with Crippen LogP contribution in [-0.2, 0) is 12.8 Å². The van der Waals surface area contributed by atoms with Gasteiger partial charge >= 0.3 is 0 Å². The number of amides is 1. The Hall–Kier alpha value is -3.74. The average molecular weight is 430 g/mol. The van der Waals surface area contributed by atoms with Gasteiger partial charge in [0.25, 0.3) is 11.5 Å². The fourth-order valence-corrected chi connectivity index (χ4v) is 4.27. The topological polar surface area (TPSA) is 79.3 Å². The second kappa shape index (κ2) is 8.07. The van der Waals surface area contributed by atoms with Crippen LogP contribution < -0.4 is 10.9 Å². The number of hydrogen-bond donors (Lipinski definition) is 2. The zero-order valence-electron chi connectivity index (χ0n) is 17.7. The number of hydrogen-bond acceptors (Lipinski definition) is 3. The maximum absolute atomic E-state index is 13.1. The van der Waals surface area contributed by atoms with Crippen LogP contribution in [0.25, 0.3) is 16.8 Å². The van der Waals surface area contributed by atoms with E-state index in [0.29, 0.717) is 11.2 Å². The molecule has 1 amide bonds. The van der Waals surface area contributed by atoms with E-state index in [-0.39, 0.29) is 23.1 Å². The molecule has 2 N–H and O–H groups in total. The molecule has 1 aliphatic carbocycles. The monoisotopic (exact) mass is 430 g/mol. The third kappa shape index (κ3) is 3.82. The Morgan fingerprint density at radius 1 is 1.09 bits per heavy atom. The lowest BCUT2D eigenvalue weighted by Crippen LogP contribution is -2.27. The first-order chi connectivity index (χ1) is 15.5. The number of benzene rings is 2. The van der Waals surface area contributed by atoms with Crippen molar-refractivity contribution in [1.29, 1.82) is 0 Å². The number of aryl methyl sites for hydroxylation is 2. The predicted molar refractivity (Wildman–Crippen MR) is 120 cm³/mol. The van der Waals surface area contributed by atoms with E-state index in [0.717, 1.165) is 24.0 Å². The first-order valence-electron chi connectivity index (χ1n) is 10.8. The van der Waals surface area contributed by atoms with Gasteiger partial charge in [-0.15, -0.1) is 0 Å². The maximum Gasteiger partial charge on any atom is 0.274 e. The molecule has 5 rings (SSSR count). The molecule has 32 heavy (non-hydrogen) atoms. The molecule has 0 spiro atoms. The second-order valence-corrected chi connectivity index (χ2v) is 8.29. The molecule has 2 heterocycles. The molecule has 162 valence electrons. The molecule has 0 saturated heterocycles. The zero-order valence-corrected chi connectivity index (χ0v) is 17.7. The summed E-state index contributed by atoms with van der Waals surface area (Å²) in [7, 11) is 0. The van der Waals surface area contributed by atoms with E-state index in [9.17, 15) is 14.0 Å². The van der Waals surface area contributed by atoms with Crippen LogP contribution in [0.1, 0.15) is 53.0 Å². The molecular weight excluding hydrogens is 407 g/mol. The molecule has 0 aliphatic heterocycles. The summed E-state index contributed by atoms with van der Waals surface area (Å²) in [5, 5.41) is 7.18. The lowest BCUT2D eigenvalue weighted by atomic mass is 9.90. The standard InChI is InChI=1S/C25H23FN4O2/c1-15(16-8-10-20(26)11-9-16)27-24(31)21-13-23-25(32)28-22(14-30(23)29-21)19-7-6-17-4-2-3-5-18(17)12-19/h6-15H,2-5H2,1H3,(H,27,31)(H,28,32). The van der Waals surface area contributed by atoms with Gasteiger partial charge in [0.05, 0.1) is 17.9 Å². The van der Waals surface area contributed by atoms with Crippen LogP contribution in [0.3, 0.4) is 0 Å². The smallest absolute Gasteiger partial charge is 0.274 e.